The second-order valence-corrected chi connectivity index (χ2v) is 6.50. The van der Waals surface area contributed by atoms with E-state index in [0.29, 0.717) is 0 Å². The Morgan fingerprint density at radius 2 is 1.71 bits per heavy atom. The van der Waals surface area contributed by atoms with Crippen molar-refractivity contribution in [2.75, 3.05) is 5.32 Å². The molecule has 7 heteroatoms. The maximum Gasteiger partial charge on any atom is 0.270 e. The minimum absolute atomic E-state index is 0.152. The number of aryl methyl sites for hydroxylation is 1. The number of aromatic nitrogens is 1. The van der Waals surface area contributed by atoms with Crippen molar-refractivity contribution in [1.82, 2.24) is 0 Å². The Kier molecular flexibility index (Phi) is 5.76. The van der Waals surface area contributed by atoms with Gasteiger partial charge in [0.15, 0.2) is 17.4 Å². The normalized spacial score (nSPS) is 11.5. The molecule has 2 aromatic carbocycles. The smallest absolute Gasteiger partial charge is 0.270 e. The average Bonchev–Trinajstić information content (AvgIpc) is 2.70. The second kappa shape index (κ2) is 8.41. The van der Waals surface area contributed by atoms with Gasteiger partial charge in [-0.25, -0.2) is 0 Å². The van der Waals surface area contributed by atoms with Crippen molar-refractivity contribution in [3.05, 3.63) is 100 Å². The van der Waals surface area contributed by atoms with E-state index in [4.69, 9.17) is 12.2 Å². The zero-order valence-corrected chi connectivity index (χ0v) is 15.8. The van der Waals surface area contributed by atoms with Gasteiger partial charge in [0.05, 0.1) is 4.92 Å². The molecule has 6 nitrogen and oxygen atoms in total. The highest BCUT2D eigenvalue weighted by Crippen LogP contribution is 2.21. The van der Waals surface area contributed by atoms with E-state index in [1.54, 1.807) is 29.1 Å². The summed E-state index contributed by atoms with van der Waals surface area (Å²) in [5.41, 5.74) is 2.09. The van der Waals surface area contributed by atoms with E-state index in [-0.39, 0.29) is 21.9 Å². The quantitative estimate of drug-likeness (QED) is 0.180. The highest BCUT2D eigenvalue weighted by atomic mass is 32.1. The molecule has 0 spiro atoms. The van der Waals surface area contributed by atoms with Crippen molar-refractivity contribution in [2.45, 2.75) is 6.92 Å². The van der Waals surface area contributed by atoms with Crippen LogP contribution in [0.3, 0.4) is 0 Å². The number of hydrogen-bond acceptors (Lipinski definition) is 4. The number of nitro benzene ring substituents is 1. The van der Waals surface area contributed by atoms with E-state index in [1.807, 2.05) is 37.3 Å². The molecule has 0 bridgehead atoms. The number of anilines is 1. The van der Waals surface area contributed by atoms with Crippen LogP contribution in [0.15, 0.2) is 79.1 Å². The lowest BCUT2D eigenvalue weighted by atomic mass is 10.1. The first-order chi connectivity index (χ1) is 13.5. The molecule has 0 atom stereocenters. The molecular formula is C21H17N3O3S. The van der Waals surface area contributed by atoms with Crippen molar-refractivity contribution >= 4 is 40.0 Å². The van der Waals surface area contributed by atoms with E-state index >= 15 is 0 Å². The lowest BCUT2D eigenvalue weighted by molar-refractivity contribution is -0.577. The van der Waals surface area contributed by atoms with E-state index in [9.17, 15) is 15.2 Å². The van der Waals surface area contributed by atoms with Gasteiger partial charge in [-0.1, -0.05) is 48.1 Å². The molecule has 0 aliphatic carbocycles. The molecule has 0 saturated carbocycles. The van der Waals surface area contributed by atoms with Crippen molar-refractivity contribution in [3.8, 4) is 0 Å². The van der Waals surface area contributed by atoms with Crippen LogP contribution >= 0.6 is 12.2 Å². The molecule has 0 amide bonds. The molecule has 3 rings (SSSR count). The number of nitrogens with one attached hydrogen (secondary N) is 1. The Morgan fingerprint density at radius 1 is 1.04 bits per heavy atom. The first kappa shape index (κ1) is 19.2. The molecule has 1 N–H and O–H groups in total. The molecule has 0 unspecified atom stereocenters. The molecule has 140 valence electrons. The van der Waals surface area contributed by atoms with Crippen molar-refractivity contribution in [1.29, 1.82) is 0 Å². The summed E-state index contributed by atoms with van der Waals surface area (Å²) in [4.78, 5) is 10.7. The highest BCUT2D eigenvalue weighted by molar-refractivity contribution is 7.81. The number of pyridine rings is 1. The Hall–Kier alpha value is -3.58. The maximum atomic E-state index is 13.2. The summed E-state index contributed by atoms with van der Waals surface area (Å²) in [5.74, 6) is -0.412. The van der Waals surface area contributed by atoms with Crippen LogP contribution in [0.5, 0.6) is 0 Å². The number of benzene rings is 2. The molecule has 28 heavy (non-hydrogen) atoms. The zero-order valence-electron chi connectivity index (χ0n) is 15.0. The van der Waals surface area contributed by atoms with Crippen molar-refractivity contribution < 1.29 is 14.6 Å². The summed E-state index contributed by atoms with van der Waals surface area (Å²) >= 11 is 5.51. The van der Waals surface area contributed by atoms with Crippen molar-refractivity contribution in [3.63, 3.8) is 0 Å². The van der Waals surface area contributed by atoms with E-state index < -0.39 is 10.7 Å². The predicted octanol–water partition coefficient (Wildman–Crippen LogP) is 3.32. The first-order valence-corrected chi connectivity index (χ1v) is 8.87. The fourth-order valence-corrected chi connectivity index (χ4v) is 2.93. The lowest BCUT2D eigenvalue weighted by Gasteiger charge is -2.17. The van der Waals surface area contributed by atoms with Gasteiger partial charge < -0.3 is 10.4 Å². The van der Waals surface area contributed by atoms with Crippen LogP contribution in [0.1, 0.15) is 11.1 Å². The molecule has 1 heterocycles. The fraction of sp³-hybridized carbons (Fsp3) is 0.0476. The number of nitrogens with zero attached hydrogens (tertiary/aromatic N) is 2. The summed E-state index contributed by atoms with van der Waals surface area (Å²) in [7, 11) is 0. The number of thiocarbonyl (C=S) groups is 1. The zero-order chi connectivity index (χ0) is 20.1. The van der Waals surface area contributed by atoms with E-state index in [1.165, 1.54) is 24.3 Å². The largest absolute Gasteiger partial charge is 0.867 e. The molecule has 0 saturated heterocycles. The lowest BCUT2D eigenvalue weighted by Crippen LogP contribution is -2.39. The monoisotopic (exact) mass is 391 g/mol. The summed E-state index contributed by atoms with van der Waals surface area (Å²) in [6.07, 6.45) is 3.40. The second-order valence-electron chi connectivity index (χ2n) is 6.09. The first-order valence-electron chi connectivity index (χ1n) is 8.46. The molecular weight excluding hydrogens is 374 g/mol. The van der Waals surface area contributed by atoms with Gasteiger partial charge in [0.25, 0.3) is 5.69 Å². The van der Waals surface area contributed by atoms with Crippen LogP contribution in [0.2, 0.25) is 0 Å². The van der Waals surface area contributed by atoms with Gasteiger partial charge in [0, 0.05) is 30.0 Å². The third-order valence-electron chi connectivity index (χ3n) is 4.03. The van der Waals surface area contributed by atoms with Gasteiger partial charge in [0.1, 0.15) is 0 Å². The summed E-state index contributed by atoms with van der Waals surface area (Å²) in [6, 6.07) is 18.6. The predicted molar refractivity (Wildman–Crippen MR) is 110 cm³/mol. The molecule has 0 fully saturated rings. The molecule has 1 aromatic heterocycles. The van der Waals surface area contributed by atoms with Crippen LogP contribution in [0.25, 0.3) is 11.5 Å². The van der Waals surface area contributed by atoms with Crippen LogP contribution in [0, 0.1) is 17.0 Å². The highest BCUT2D eigenvalue weighted by Gasteiger charge is 2.19. The van der Waals surface area contributed by atoms with Crippen LogP contribution < -0.4 is 15.0 Å². The van der Waals surface area contributed by atoms with E-state index in [0.717, 1.165) is 11.3 Å². The molecule has 3 aromatic rings. The number of non-ortho nitro benzene ring substituents is 1. The van der Waals surface area contributed by atoms with Crippen LogP contribution in [-0.2, 0) is 0 Å². The Balaban J connectivity index is 2.07. The molecule has 0 radical (unpaired) electrons. The third-order valence-corrected chi connectivity index (χ3v) is 4.33. The SMILES string of the molecule is Cc1ccc(NC(=S)C(=C([O-])c2cccc([N+](=O)[O-])c2)[n+]2ccccc2)cc1. The van der Waals surface area contributed by atoms with Gasteiger partial charge in [-0.3, -0.25) is 10.1 Å². The van der Waals surface area contributed by atoms with Crippen LogP contribution in [0.4, 0.5) is 11.4 Å². The van der Waals surface area contributed by atoms with Gasteiger partial charge in [-0.15, -0.1) is 0 Å². The van der Waals surface area contributed by atoms with E-state index in [2.05, 4.69) is 5.32 Å². The van der Waals surface area contributed by atoms with Crippen molar-refractivity contribution in [2.24, 2.45) is 0 Å². The van der Waals surface area contributed by atoms with Crippen LogP contribution in [-0.4, -0.2) is 9.91 Å². The molecule has 0 aliphatic heterocycles. The Labute approximate surface area is 167 Å². The number of nitro groups is 1. The number of rotatable bonds is 5. The van der Waals surface area contributed by atoms with Gasteiger partial charge in [-0.05, 0) is 30.4 Å². The van der Waals surface area contributed by atoms with Gasteiger partial charge >= 0.3 is 0 Å². The molecule has 0 aliphatic rings. The standard InChI is InChI=1S/C21H17N3O3S/c1-15-8-10-17(11-9-15)22-21(28)19(23-12-3-2-4-13-23)20(25)16-6-5-7-18(14-16)24(26)27/h2-14H,1H3,(H-,22,25,28). The summed E-state index contributed by atoms with van der Waals surface area (Å²) < 4.78 is 1.60. The minimum atomic E-state index is -0.533. The topological polar surface area (TPSA) is 82.1 Å². The van der Waals surface area contributed by atoms with Gasteiger partial charge in [-0.2, -0.15) is 4.57 Å². The minimum Gasteiger partial charge on any atom is -0.867 e. The average molecular weight is 391 g/mol. The summed E-state index contributed by atoms with van der Waals surface area (Å²) in [6.45, 7) is 1.98. The number of hydrogen-bond donors (Lipinski definition) is 1. The Morgan fingerprint density at radius 3 is 2.36 bits per heavy atom. The maximum absolute atomic E-state index is 13.2. The fourth-order valence-electron chi connectivity index (χ4n) is 2.61. The van der Waals surface area contributed by atoms with Gasteiger partial charge in [0.2, 0.25) is 5.70 Å². The third kappa shape index (κ3) is 4.39. The summed E-state index contributed by atoms with van der Waals surface area (Å²) in [5, 5.41) is 27.3. The Bertz CT molecular complexity index is 1050.